The Kier molecular flexibility index (Phi) is 5.45. The van der Waals surface area contributed by atoms with Crippen molar-refractivity contribution in [2.75, 3.05) is 6.54 Å². The molecule has 21 heavy (non-hydrogen) atoms. The first kappa shape index (κ1) is 17.1. The van der Waals surface area contributed by atoms with E-state index in [0.717, 1.165) is 11.1 Å². The molecule has 1 amide bonds. The molecule has 7 nitrogen and oxygen atoms in total. The number of hydrogen-bond donors (Lipinski definition) is 2. The highest BCUT2D eigenvalue weighted by Crippen LogP contribution is 2.14. The highest BCUT2D eigenvalue weighted by atomic mass is 32.2. The number of amides is 1. The molecule has 1 atom stereocenters. The van der Waals surface area contributed by atoms with Crippen molar-refractivity contribution >= 4 is 21.9 Å². The molecule has 0 heterocycles. The molecule has 3 N–H and O–H groups in total. The minimum absolute atomic E-state index is 0.0568. The Morgan fingerprint density at radius 1 is 1.29 bits per heavy atom. The molecular formula is C13H18N2O5S. The number of esters is 1. The van der Waals surface area contributed by atoms with E-state index >= 15 is 0 Å². The van der Waals surface area contributed by atoms with E-state index in [1.165, 1.54) is 19.1 Å². The Bertz CT molecular complexity index is 655. The maximum absolute atomic E-state index is 12.0. The van der Waals surface area contributed by atoms with Crippen molar-refractivity contribution in [3.63, 3.8) is 0 Å². The lowest BCUT2D eigenvalue weighted by Gasteiger charge is -2.11. The van der Waals surface area contributed by atoms with Gasteiger partial charge in [0.25, 0.3) is 5.91 Å². The molecule has 0 aromatic heterocycles. The summed E-state index contributed by atoms with van der Waals surface area (Å²) >= 11 is 0. The lowest BCUT2D eigenvalue weighted by Crippen LogP contribution is -2.36. The van der Waals surface area contributed by atoms with Crippen LogP contribution < -0.4 is 10.5 Å². The molecule has 116 valence electrons. The van der Waals surface area contributed by atoms with Crippen LogP contribution in [0.1, 0.15) is 18.1 Å². The predicted octanol–water partition coefficient (Wildman–Crippen LogP) is -0.00126. The quantitative estimate of drug-likeness (QED) is 0.717. The number of aryl methyl sites for hydroxylation is 2. The maximum atomic E-state index is 12.0. The van der Waals surface area contributed by atoms with E-state index in [-0.39, 0.29) is 4.90 Å². The fourth-order valence-corrected chi connectivity index (χ4v) is 2.47. The van der Waals surface area contributed by atoms with Crippen LogP contribution in [-0.4, -0.2) is 32.9 Å². The molecule has 8 heteroatoms. The summed E-state index contributed by atoms with van der Waals surface area (Å²) < 4.78 is 30.8. The number of nitrogens with one attached hydrogen (secondary N) is 1. The summed E-state index contributed by atoms with van der Waals surface area (Å²) in [6.45, 7) is 4.38. The van der Waals surface area contributed by atoms with Gasteiger partial charge in [0.15, 0.2) is 6.10 Å². The van der Waals surface area contributed by atoms with Gasteiger partial charge >= 0.3 is 5.97 Å². The van der Waals surface area contributed by atoms with Gasteiger partial charge in [-0.05, 0) is 44.0 Å². The molecule has 1 rings (SSSR count). The summed E-state index contributed by atoms with van der Waals surface area (Å²) in [6, 6.07) is 4.63. The number of hydrogen-bond acceptors (Lipinski definition) is 5. The largest absolute Gasteiger partial charge is 0.452 e. The second-order valence-corrected chi connectivity index (χ2v) is 6.37. The van der Waals surface area contributed by atoms with Crippen molar-refractivity contribution in [2.24, 2.45) is 5.73 Å². The second-order valence-electron chi connectivity index (χ2n) is 4.61. The van der Waals surface area contributed by atoms with Crippen LogP contribution in [0.5, 0.6) is 0 Å². The normalized spacial score (nSPS) is 12.7. The van der Waals surface area contributed by atoms with Crippen molar-refractivity contribution < 1.29 is 22.7 Å². The Labute approximate surface area is 123 Å². The summed E-state index contributed by atoms with van der Waals surface area (Å²) in [6.07, 6.45) is -1.11. The molecule has 0 radical (unpaired) electrons. The molecule has 0 saturated carbocycles. The zero-order valence-corrected chi connectivity index (χ0v) is 12.9. The molecule has 0 aliphatic heterocycles. The first-order valence-electron chi connectivity index (χ1n) is 6.19. The lowest BCUT2D eigenvalue weighted by molar-refractivity contribution is -0.152. The van der Waals surface area contributed by atoms with Gasteiger partial charge in [-0.15, -0.1) is 0 Å². The Hall–Kier alpha value is -1.93. The Morgan fingerprint density at radius 2 is 1.90 bits per heavy atom. The van der Waals surface area contributed by atoms with E-state index in [1.54, 1.807) is 13.0 Å². The predicted molar refractivity (Wildman–Crippen MR) is 75.9 cm³/mol. The fraction of sp³-hybridized carbons (Fsp3) is 0.385. The fourth-order valence-electron chi connectivity index (χ4n) is 1.42. The number of sulfonamides is 1. The summed E-state index contributed by atoms with van der Waals surface area (Å²) in [7, 11) is -3.82. The number of rotatable bonds is 6. The van der Waals surface area contributed by atoms with Gasteiger partial charge < -0.3 is 10.5 Å². The van der Waals surface area contributed by atoms with E-state index in [0.29, 0.717) is 0 Å². The SMILES string of the molecule is Cc1ccc(S(=O)(=O)NCC(=O)O[C@@H](C)C(N)=O)cc1C. The van der Waals surface area contributed by atoms with Crippen molar-refractivity contribution in [3.8, 4) is 0 Å². The lowest BCUT2D eigenvalue weighted by atomic mass is 10.1. The molecule has 0 bridgehead atoms. The van der Waals surface area contributed by atoms with Crippen LogP contribution >= 0.6 is 0 Å². The molecule has 0 spiro atoms. The standard InChI is InChI=1S/C13H18N2O5S/c1-8-4-5-11(6-9(8)2)21(18,19)15-7-12(16)20-10(3)13(14)17/h4-6,10,15H,7H2,1-3H3,(H2,14,17)/t10-/m0/s1. The van der Waals surface area contributed by atoms with Gasteiger partial charge in [-0.2, -0.15) is 4.72 Å². The van der Waals surface area contributed by atoms with Gasteiger partial charge in [0, 0.05) is 0 Å². The number of benzene rings is 1. The van der Waals surface area contributed by atoms with Crippen LogP contribution in [0.25, 0.3) is 0 Å². The molecule has 0 saturated heterocycles. The van der Waals surface area contributed by atoms with Gasteiger partial charge in [0.05, 0.1) is 4.90 Å². The highest BCUT2D eigenvalue weighted by molar-refractivity contribution is 7.89. The molecular weight excluding hydrogens is 296 g/mol. The summed E-state index contributed by atoms with van der Waals surface area (Å²) in [5.41, 5.74) is 6.72. The smallest absolute Gasteiger partial charge is 0.321 e. The minimum Gasteiger partial charge on any atom is -0.452 e. The second kappa shape index (κ2) is 6.68. The van der Waals surface area contributed by atoms with E-state index < -0.39 is 34.5 Å². The third kappa shape index (κ3) is 4.83. The zero-order chi connectivity index (χ0) is 16.2. The molecule has 0 aliphatic rings. The van der Waals surface area contributed by atoms with E-state index in [9.17, 15) is 18.0 Å². The van der Waals surface area contributed by atoms with E-state index in [1.807, 2.05) is 6.92 Å². The van der Waals surface area contributed by atoms with Crippen LogP contribution in [-0.2, 0) is 24.3 Å². The number of nitrogens with two attached hydrogens (primary N) is 1. The van der Waals surface area contributed by atoms with Gasteiger partial charge in [-0.3, -0.25) is 9.59 Å². The molecule has 0 fully saturated rings. The van der Waals surface area contributed by atoms with Crippen LogP contribution in [0.15, 0.2) is 23.1 Å². The van der Waals surface area contributed by atoms with Crippen molar-refractivity contribution in [3.05, 3.63) is 29.3 Å². The van der Waals surface area contributed by atoms with Gasteiger partial charge in [0.1, 0.15) is 6.54 Å². The third-order valence-electron chi connectivity index (χ3n) is 2.90. The van der Waals surface area contributed by atoms with Crippen molar-refractivity contribution in [1.82, 2.24) is 4.72 Å². The van der Waals surface area contributed by atoms with Gasteiger partial charge in [-0.25, -0.2) is 8.42 Å². The molecule has 0 unspecified atom stereocenters. The highest BCUT2D eigenvalue weighted by Gasteiger charge is 2.19. The Morgan fingerprint density at radius 3 is 2.43 bits per heavy atom. The topological polar surface area (TPSA) is 116 Å². The first-order valence-corrected chi connectivity index (χ1v) is 7.67. The number of ether oxygens (including phenoxy) is 1. The third-order valence-corrected chi connectivity index (χ3v) is 4.30. The van der Waals surface area contributed by atoms with Gasteiger partial charge in [-0.1, -0.05) is 6.07 Å². The summed E-state index contributed by atoms with van der Waals surface area (Å²) in [4.78, 5) is 22.2. The monoisotopic (exact) mass is 314 g/mol. The summed E-state index contributed by atoms with van der Waals surface area (Å²) in [5.74, 6) is -1.69. The van der Waals surface area contributed by atoms with E-state index in [2.05, 4.69) is 9.46 Å². The maximum Gasteiger partial charge on any atom is 0.321 e. The summed E-state index contributed by atoms with van der Waals surface area (Å²) in [5, 5.41) is 0. The van der Waals surface area contributed by atoms with Crippen LogP contribution in [0.3, 0.4) is 0 Å². The average molecular weight is 314 g/mol. The number of carbonyl (C=O) groups is 2. The van der Waals surface area contributed by atoms with E-state index in [4.69, 9.17) is 5.73 Å². The van der Waals surface area contributed by atoms with Crippen LogP contribution in [0.4, 0.5) is 0 Å². The molecule has 1 aromatic rings. The Balaban J connectivity index is 2.71. The number of primary amides is 1. The zero-order valence-electron chi connectivity index (χ0n) is 12.0. The van der Waals surface area contributed by atoms with Gasteiger partial charge in [0.2, 0.25) is 10.0 Å². The van der Waals surface area contributed by atoms with Crippen molar-refractivity contribution in [2.45, 2.75) is 31.8 Å². The van der Waals surface area contributed by atoms with Crippen LogP contribution in [0, 0.1) is 13.8 Å². The first-order chi connectivity index (χ1) is 9.63. The van der Waals surface area contributed by atoms with Crippen molar-refractivity contribution in [1.29, 1.82) is 0 Å². The molecule has 0 aliphatic carbocycles. The average Bonchev–Trinajstić information content (AvgIpc) is 2.39. The molecule has 1 aromatic carbocycles. The minimum atomic E-state index is -3.82. The number of carbonyl (C=O) groups excluding carboxylic acids is 2. The van der Waals surface area contributed by atoms with Crippen LogP contribution in [0.2, 0.25) is 0 Å².